The van der Waals surface area contributed by atoms with Gasteiger partial charge in [0.15, 0.2) is 0 Å². The third-order valence-corrected chi connectivity index (χ3v) is 8.23. The van der Waals surface area contributed by atoms with E-state index in [0.29, 0.717) is 0 Å². The van der Waals surface area contributed by atoms with Gasteiger partial charge in [-0.3, -0.25) is 0 Å². The maximum atomic E-state index is 6.46. The lowest BCUT2D eigenvalue weighted by molar-refractivity contribution is 0.101. The Morgan fingerprint density at radius 1 is 0.667 bits per heavy atom. The molecule has 0 aromatic heterocycles. The molecule has 0 spiro atoms. The highest BCUT2D eigenvalue weighted by atomic mass is 28.4. The summed E-state index contributed by atoms with van der Waals surface area (Å²) in [5.41, 5.74) is 0. The highest BCUT2D eigenvalue weighted by Crippen LogP contribution is 2.30. The van der Waals surface area contributed by atoms with E-state index in [2.05, 4.69) is 55.4 Å². The summed E-state index contributed by atoms with van der Waals surface area (Å²) >= 11 is 0. The number of hydrogen-bond acceptors (Lipinski definition) is 2. The summed E-state index contributed by atoms with van der Waals surface area (Å²) in [6, 6.07) is 2.30. The van der Waals surface area contributed by atoms with Crippen LogP contribution in [0.4, 0.5) is 0 Å². The van der Waals surface area contributed by atoms with Crippen LogP contribution in [0, 0.1) is 11.8 Å². The minimum absolute atomic E-state index is 0.268. The summed E-state index contributed by atoms with van der Waals surface area (Å²) in [6.07, 6.45) is 5.51. The fourth-order valence-electron chi connectivity index (χ4n) is 2.59. The van der Waals surface area contributed by atoms with Gasteiger partial charge in [-0.25, -0.2) is 0 Å². The molecule has 2 atom stereocenters. The lowest BCUT2D eigenvalue weighted by Crippen LogP contribution is -2.46. The van der Waals surface area contributed by atoms with Crippen molar-refractivity contribution >= 4 is 8.56 Å². The maximum absolute atomic E-state index is 6.46. The van der Waals surface area contributed by atoms with Gasteiger partial charge in [-0.1, -0.05) is 40.5 Å². The van der Waals surface area contributed by atoms with E-state index in [1.165, 1.54) is 25.7 Å². The lowest BCUT2D eigenvalue weighted by atomic mass is 10.1. The third-order valence-electron chi connectivity index (χ3n) is 4.33. The molecule has 0 aromatic rings. The summed E-state index contributed by atoms with van der Waals surface area (Å²) in [5.74, 6) is 1.54. The van der Waals surface area contributed by atoms with Gasteiger partial charge in [0.1, 0.15) is 0 Å². The summed E-state index contributed by atoms with van der Waals surface area (Å²) in [5, 5.41) is 0. The normalized spacial score (nSPS) is 15.7. The van der Waals surface area contributed by atoms with Gasteiger partial charge in [-0.15, -0.1) is 0 Å². The zero-order valence-corrected chi connectivity index (χ0v) is 16.9. The standard InChI is InChI=1S/C18H40O2Si/c1-9-17(7)11-13-21(19-15(3)4,20-16(5)6)14-12-18(8)10-2/h15-18H,9-14H2,1-8H3. The average Bonchev–Trinajstić information content (AvgIpc) is 2.40. The molecule has 21 heavy (non-hydrogen) atoms. The molecule has 0 aromatic carbocycles. The van der Waals surface area contributed by atoms with Gasteiger partial charge in [0.2, 0.25) is 0 Å². The molecule has 0 N–H and O–H groups in total. The summed E-state index contributed by atoms with van der Waals surface area (Å²) in [6.45, 7) is 17.8. The molecular formula is C18H40O2Si. The zero-order valence-electron chi connectivity index (χ0n) is 15.9. The van der Waals surface area contributed by atoms with Crippen molar-refractivity contribution in [1.29, 1.82) is 0 Å². The van der Waals surface area contributed by atoms with Gasteiger partial charge in [-0.2, -0.15) is 0 Å². The first-order valence-electron chi connectivity index (χ1n) is 9.10. The van der Waals surface area contributed by atoms with Gasteiger partial charge < -0.3 is 8.85 Å². The quantitative estimate of drug-likeness (QED) is 0.402. The van der Waals surface area contributed by atoms with Crippen LogP contribution in [0.5, 0.6) is 0 Å². The highest BCUT2D eigenvalue weighted by molar-refractivity contribution is 6.67. The fourth-order valence-corrected chi connectivity index (χ4v) is 6.95. The molecule has 128 valence electrons. The lowest BCUT2D eigenvalue weighted by Gasteiger charge is -2.35. The Balaban J connectivity index is 4.91. The van der Waals surface area contributed by atoms with Crippen LogP contribution in [0.3, 0.4) is 0 Å². The van der Waals surface area contributed by atoms with Crippen molar-refractivity contribution < 1.29 is 8.85 Å². The molecule has 0 fully saturated rings. The van der Waals surface area contributed by atoms with Crippen LogP contribution in [-0.4, -0.2) is 20.8 Å². The predicted octanol–water partition coefficient (Wildman–Crippen LogP) is 6.15. The molecule has 0 aliphatic rings. The second kappa shape index (κ2) is 10.8. The Hall–Kier alpha value is 0.137. The Labute approximate surface area is 135 Å². The fraction of sp³-hybridized carbons (Fsp3) is 1.00. The molecule has 2 nitrogen and oxygen atoms in total. The van der Waals surface area contributed by atoms with Crippen LogP contribution in [0.25, 0.3) is 0 Å². The second-order valence-corrected chi connectivity index (χ2v) is 10.6. The average molecular weight is 317 g/mol. The van der Waals surface area contributed by atoms with Crippen LogP contribution >= 0.6 is 0 Å². The monoisotopic (exact) mass is 316 g/mol. The second-order valence-electron chi connectivity index (χ2n) is 7.35. The van der Waals surface area contributed by atoms with Crippen molar-refractivity contribution in [2.24, 2.45) is 11.8 Å². The molecule has 0 aliphatic heterocycles. The van der Waals surface area contributed by atoms with Gasteiger partial charge in [0.05, 0.1) is 0 Å². The third kappa shape index (κ3) is 9.70. The first-order valence-corrected chi connectivity index (χ1v) is 11.3. The molecule has 0 heterocycles. The minimum atomic E-state index is -2.08. The van der Waals surface area contributed by atoms with Crippen LogP contribution in [0.15, 0.2) is 0 Å². The first kappa shape index (κ1) is 21.1. The van der Waals surface area contributed by atoms with E-state index in [1.807, 2.05) is 0 Å². The Morgan fingerprint density at radius 2 is 1.00 bits per heavy atom. The van der Waals surface area contributed by atoms with Crippen LogP contribution < -0.4 is 0 Å². The highest BCUT2D eigenvalue weighted by Gasteiger charge is 2.39. The van der Waals surface area contributed by atoms with Crippen molar-refractivity contribution in [1.82, 2.24) is 0 Å². The van der Waals surface area contributed by atoms with Crippen molar-refractivity contribution in [2.75, 3.05) is 0 Å². The van der Waals surface area contributed by atoms with Gasteiger partial charge >= 0.3 is 8.56 Å². The molecule has 3 heteroatoms. The molecule has 0 aliphatic carbocycles. The van der Waals surface area contributed by atoms with E-state index < -0.39 is 8.56 Å². The van der Waals surface area contributed by atoms with Crippen molar-refractivity contribution in [3.8, 4) is 0 Å². The van der Waals surface area contributed by atoms with E-state index >= 15 is 0 Å². The largest absolute Gasteiger partial charge is 0.392 e. The van der Waals surface area contributed by atoms with E-state index in [-0.39, 0.29) is 12.2 Å². The predicted molar refractivity (Wildman–Crippen MR) is 96.0 cm³/mol. The Bertz CT molecular complexity index is 228. The number of hydrogen-bond donors (Lipinski definition) is 0. The van der Waals surface area contributed by atoms with Crippen LogP contribution in [0.1, 0.15) is 81.1 Å². The van der Waals surface area contributed by atoms with Crippen LogP contribution in [-0.2, 0) is 8.85 Å². The minimum Gasteiger partial charge on any atom is -0.392 e. The van der Waals surface area contributed by atoms with E-state index in [0.717, 1.165) is 23.9 Å². The van der Waals surface area contributed by atoms with Crippen molar-refractivity contribution in [3.05, 3.63) is 0 Å². The van der Waals surface area contributed by atoms with E-state index in [1.54, 1.807) is 0 Å². The molecule has 2 unspecified atom stereocenters. The molecule has 0 amide bonds. The molecule has 0 radical (unpaired) electrons. The summed E-state index contributed by atoms with van der Waals surface area (Å²) in [7, 11) is -2.08. The van der Waals surface area contributed by atoms with E-state index in [9.17, 15) is 0 Å². The molecule has 0 saturated carbocycles. The SMILES string of the molecule is CCC(C)CC[Si](CCC(C)CC)(OC(C)C)OC(C)C. The van der Waals surface area contributed by atoms with E-state index in [4.69, 9.17) is 8.85 Å². The zero-order chi connectivity index (χ0) is 16.5. The smallest absolute Gasteiger partial charge is 0.338 e. The summed E-state index contributed by atoms with van der Waals surface area (Å²) < 4.78 is 12.9. The molecule has 0 bridgehead atoms. The molecule has 0 saturated heterocycles. The molecule has 0 rings (SSSR count). The van der Waals surface area contributed by atoms with Gasteiger partial charge in [-0.05, 0) is 64.5 Å². The number of rotatable bonds is 12. The summed E-state index contributed by atoms with van der Waals surface area (Å²) in [4.78, 5) is 0. The Morgan fingerprint density at radius 3 is 1.24 bits per heavy atom. The topological polar surface area (TPSA) is 18.5 Å². The van der Waals surface area contributed by atoms with Gasteiger partial charge in [0.25, 0.3) is 0 Å². The Kier molecular flexibility index (Phi) is 10.9. The molecular weight excluding hydrogens is 276 g/mol. The van der Waals surface area contributed by atoms with Crippen molar-refractivity contribution in [3.63, 3.8) is 0 Å². The first-order chi connectivity index (χ1) is 9.74. The maximum Gasteiger partial charge on any atom is 0.338 e. The van der Waals surface area contributed by atoms with Gasteiger partial charge in [0, 0.05) is 12.2 Å². The van der Waals surface area contributed by atoms with Crippen molar-refractivity contribution in [2.45, 2.75) is 105 Å². The van der Waals surface area contributed by atoms with Crippen LogP contribution in [0.2, 0.25) is 12.1 Å².